The fourth-order valence-corrected chi connectivity index (χ4v) is 5.66. The molecule has 3 aromatic heterocycles. The minimum Gasteiger partial charge on any atom is -0.444 e. The summed E-state index contributed by atoms with van der Waals surface area (Å²) < 4.78 is 34.7. The quantitative estimate of drug-likeness (QED) is 0.0920. The first-order valence-electron chi connectivity index (χ1n) is 14.8. The average Bonchev–Trinajstić information content (AvgIpc) is 3.79. The first kappa shape index (κ1) is 30.5. The maximum atomic E-state index is 14.2. The molecule has 1 N–H and O–H groups in total. The number of nitrogens with zero attached hydrogens (tertiary/aromatic N) is 7. The molecule has 1 atom stereocenters. The monoisotopic (exact) mass is 628 g/mol. The van der Waals surface area contributed by atoms with Crippen LogP contribution in [0.3, 0.4) is 0 Å². The highest BCUT2D eigenvalue weighted by Crippen LogP contribution is 2.31. The third kappa shape index (κ3) is 7.22. The van der Waals surface area contributed by atoms with Crippen LogP contribution in [0.5, 0.6) is 0 Å². The molecule has 2 aromatic carbocycles. The van der Waals surface area contributed by atoms with Crippen LogP contribution >= 0.6 is 0 Å². The largest absolute Gasteiger partial charge is 0.444 e. The molecule has 0 bridgehead atoms. The van der Waals surface area contributed by atoms with E-state index in [0.717, 1.165) is 28.9 Å². The molecule has 6 rings (SSSR count). The molecule has 236 valence electrons. The number of halogens is 2. The van der Waals surface area contributed by atoms with Gasteiger partial charge in [0.25, 0.3) is 5.91 Å². The van der Waals surface area contributed by atoms with E-state index in [1.807, 2.05) is 35.1 Å². The highest BCUT2D eigenvalue weighted by Gasteiger charge is 2.28. The molecule has 4 heterocycles. The number of aromatic nitrogens is 5. The summed E-state index contributed by atoms with van der Waals surface area (Å²) in [7, 11) is 0. The fourth-order valence-electron chi connectivity index (χ4n) is 5.66. The smallest absolute Gasteiger partial charge is 0.256 e. The Balaban J connectivity index is 1.11. The molecule has 1 aliphatic rings. The van der Waals surface area contributed by atoms with Crippen molar-refractivity contribution in [3.8, 4) is 22.6 Å². The second-order valence-corrected chi connectivity index (χ2v) is 11.0. The Labute approximate surface area is 262 Å². The summed E-state index contributed by atoms with van der Waals surface area (Å²) >= 11 is 0. The predicted octanol–water partition coefficient (Wildman–Crippen LogP) is 6.59. The molecular weight excluding hydrogens is 598 g/mol. The van der Waals surface area contributed by atoms with Gasteiger partial charge in [-0.2, -0.15) is 5.10 Å². The lowest BCUT2D eigenvalue weighted by atomic mass is 9.89. The molecule has 5 aromatic rings. The van der Waals surface area contributed by atoms with Crippen LogP contribution in [0.4, 0.5) is 20.4 Å². The van der Waals surface area contributed by atoms with Crippen LogP contribution in [0.2, 0.25) is 0 Å². The van der Waals surface area contributed by atoms with Crippen LogP contribution < -0.4 is 5.32 Å². The Morgan fingerprint density at radius 2 is 1.98 bits per heavy atom. The highest BCUT2D eigenvalue weighted by atomic mass is 19.1. The Kier molecular flexibility index (Phi) is 9.32. The lowest BCUT2D eigenvalue weighted by Crippen LogP contribution is -2.39. The lowest BCUT2D eigenvalue weighted by molar-refractivity contribution is 0.0665. The Morgan fingerprint density at radius 3 is 2.76 bits per heavy atom. The maximum Gasteiger partial charge on any atom is 0.256 e. The van der Waals surface area contributed by atoms with Gasteiger partial charge in [-0.15, -0.1) is 4.91 Å². The first-order valence-corrected chi connectivity index (χ1v) is 14.8. The van der Waals surface area contributed by atoms with Crippen molar-refractivity contribution in [3.63, 3.8) is 0 Å². The van der Waals surface area contributed by atoms with Gasteiger partial charge in [0.2, 0.25) is 5.95 Å². The van der Waals surface area contributed by atoms with E-state index in [9.17, 15) is 18.5 Å². The summed E-state index contributed by atoms with van der Waals surface area (Å²) in [6, 6.07) is 12.3. The van der Waals surface area contributed by atoms with E-state index in [1.54, 1.807) is 29.6 Å². The van der Waals surface area contributed by atoms with Crippen molar-refractivity contribution >= 4 is 17.5 Å². The van der Waals surface area contributed by atoms with Crippen molar-refractivity contribution in [2.45, 2.75) is 31.7 Å². The number of hydrogen-bond donors (Lipinski definition) is 1. The molecule has 12 nitrogen and oxygen atoms in total. The summed E-state index contributed by atoms with van der Waals surface area (Å²) in [6.07, 6.45) is 10.9. The number of carbonyl (C=O) groups is 1. The van der Waals surface area contributed by atoms with E-state index >= 15 is 0 Å². The molecular formula is C32H30F2N8O4. The summed E-state index contributed by atoms with van der Waals surface area (Å²) in [5, 5.41) is 10.4. The van der Waals surface area contributed by atoms with Crippen molar-refractivity contribution < 1.29 is 22.8 Å². The number of hydrogen-bond acceptors (Lipinski definition) is 10. The van der Waals surface area contributed by atoms with Crippen LogP contribution in [-0.2, 0) is 4.84 Å². The lowest BCUT2D eigenvalue weighted by Gasteiger charge is -2.33. The molecule has 1 aliphatic heterocycles. The minimum absolute atomic E-state index is 0.115. The Hall–Kier alpha value is -5.53. The topological polar surface area (TPSA) is 141 Å². The SMILES string of the molecule is O=NOCCC(CC1CCN(C(=O)c2ccc(F)cc2F)CC1)n1cc(-c2ccnc(Nc3cccc(-c4cnco4)c3)n2)cn1. The summed E-state index contributed by atoms with van der Waals surface area (Å²) in [5.41, 5.74) is 2.95. The molecule has 0 saturated carbocycles. The fraction of sp³-hybridized carbons (Fsp3) is 0.281. The van der Waals surface area contributed by atoms with Gasteiger partial charge in [0.05, 0.1) is 29.7 Å². The van der Waals surface area contributed by atoms with Gasteiger partial charge in [-0.05, 0) is 55.5 Å². The Morgan fingerprint density at radius 1 is 1.11 bits per heavy atom. The van der Waals surface area contributed by atoms with Crippen LogP contribution in [-0.4, -0.2) is 55.2 Å². The second kappa shape index (κ2) is 14.1. The van der Waals surface area contributed by atoms with Crippen molar-refractivity contribution in [3.05, 3.63) is 102 Å². The third-order valence-electron chi connectivity index (χ3n) is 8.03. The molecule has 1 amide bonds. The van der Waals surface area contributed by atoms with Gasteiger partial charge in [0.1, 0.15) is 18.2 Å². The van der Waals surface area contributed by atoms with Gasteiger partial charge in [-0.3, -0.25) is 9.48 Å². The zero-order valence-corrected chi connectivity index (χ0v) is 24.6. The predicted molar refractivity (Wildman–Crippen MR) is 163 cm³/mol. The van der Waals surface area contributed by atoms with Crippen molar-refractivity contribution in [2.75, 3.05) is 25.0 Å². The average molecular weight is 629 g/mol. The maximum absolute atomic E-state index is 14.2. The van der Waals surface area contributed by atoms with Gasteiger partial charge < -0.3 is 19.5 Å². The summed E-state index contributed by atoms with van der Waals surface area (Å²) in [6.45, 7) is 1.02. The molecule has 0 aliphatic carbocycles. The van der Waals surface area contributed by atoms with Gasteiger partial charge in [0, 0.05) is 54.8 Å². The van der Waals surface area contributed by atoms with E-state index in [-0.39, 0.29) is 24.1 Å². The number of anilines is 2. The van der Waals surface area contributed by atoms with E-state index in [1.165, 1.54) is 12.5 Å². The molecule has 46 heavy (non-hydrogen) atoms. The first-order chi connectivity index (χ1) is 22.5. The summed E-state index contributed by atoms with van der Waals surface area (Å²) in [5.74, 6) is -0.744. The van der Waals surface area contributed by atoms with Crippen LogP contribution in [0.15, 0.2) is 89.5 Å². The molecule has 0 spiro atoms. The van der Waals surface area contributed by atoms with E-state index < -0.39 is 17.5 Å². The van der Waals surface area contributed by atoms with Gasteiger partial charge in [-0.25, -0.2) is 23.7 Å². The normalized spacial score (nSPS) is 14.2. The number of likely N-dealkylation sites (tertiary alicyclic amines) is 1. The number of piperidine rings is 1. The molecule has 14 heteroatoms. The molecule has 1 unspecified atom stereocenters. The van der Waals surface area contributed by atoms with E-state index in [0.29, 0.717) is 56.2 Å². The Bertz CT molecular complexity index is 1790. The number of benzene rings is 2. The number of oxazole rings is 1. The molecule has 1 fully saturated rings. The summed E-state index contributed by atoms with van der Waals surface area (Å²) in [4.78, 5) is 42.8. The number of nitrogens with one attached hydrogen (secondary N) is 1. The number of amides is 1. The zero-order chi connectivity index (χ0) is 31.9. The standard InChI is InChI=1S/C32H30F2N8O4/c33-24-4-5-27(28(34)16-24)31(43)41-11-7-21(8-12-41)14-26(9-13-46-40-44)42-19-23(17-37-42)29-6-10-36-32(39-29)38-25-3-1-2-22(15-25)30-18-35-20-45-30/h1-6,10,15-21,26H,7-9,11-14H2,(H,36,38,39). The zero-order valence-electron chi connectivity index (χ0n) is 24.6. The van der Waals surface area contributed by atoms with E-state index in [2.05, 4.69) is 30.7 Å². The van der Waals surface area contributed by atoms with Crippen molar-refractivity contribution in [1.29, 1.82) is 0 Å². The van der Waals surface area contributed by atoms with Crippen LogP contribution in [0.1, 0.15) is 42.1 Å². The number of rotatable bonds is 12. The van der Waals surface area contributed by atoms with Gasteiger partial charge >= 0.3 is 0 Å². The van der Waals surface area contributed by atoms with Gasteiger partial charge in [0.15, 0.2) is 17.5 Å². The van der Waals surface area contributed by atoms with Crippen molar-refractivity contribution in [2.24, 2.45) is 11.3 Å². The highest BCUT2D eigenvalue weighted by molar-refractivity contribution is 5.94. The van der Waals surface area contributed by atoms with Crippen LogP contribution in [0, 0.1) is 22.5 Å². The second-order valence-electron chi connectivity index (χ2n) is 11.0. The van der Waals surface area contributed by atoms with Crippen molar-refractivity contribution in [1.82, 2.24) is 29.6 Å². The minimum atomic E-state index is -0.867. The molecule has 0 radical (unpaired) electrons. The third-order valence-corrected chi connectivity index (χ3v) is 8.03. The molecule has 1 saturated heterocycles. The van der Waals surface area contributed by atoms with E-state index in [4.69, 9.17) is 9.25 Å². The van der Waals surface area contributed by atoms with Crippen LogP contribution in [0.25, 0.3) is 22.6 Å². The number of carbonyl (C=O) groups excluding carboxylic acids is 1. The van der Waals surface area contributed by atoms with Gasteiger partial charge in [-0.1, -0.05) is 12.1 Å².